The van der Waals surface area contributed by atoms with E-state index < -0.39 is 0 Å². The number of rotatable bonds is 4. The van der Waals surface area contributed by atoms with Crippen molar-refractivity contribution in [2.75, 3.05) is 31.1 Å². The average Bonchev–Trinajstić information content (AvgIpc) is 2.93. The molecule has 2 atom stereocenters. The van der Waals surface area contributed by atoms with Crippen molar-refractivity contribution in [2.45, 2.75) is 45.2 Å². The van der Waals surface area contributed by atoms with Crippen LogP contribution in [0.4, 0.5) is 5.69 Å². The predicted molar refractivity (Wildman–Crippen MR) is 83.6 cm³/mol. The Kier molecular flexibility index (Phi) is 4.16. The molecule has 1 aromatic rings. The Morgan fingerprint density at radius 1 is 1.25 bits per heavy atom. The van der Waals surface area contributed by atoms with Gasteiger partial charge in [0.15, 0.2) is 0 Å². The maximum atomic E-state index is 5.66. The van der Waals surface area contributed by atoms with Gasteiger partial charge in [0, 0.05) is 36.9 Å². The van der Waals surface area contributed by atoms with E-state index in [9.17, 15) is 0 Å². The third-order valence-corrected chi connectivity index (χ3v) is 4.72. The number of benzene rings is 1. The number of fused-ring (bicyclic) bond motifs is 1. The van der Waals surface area contributed by atoms with Crippen molar-refractivity contribution < 1.29 is 4.74 Å². The monoisotopic (exact) mass is 274 g/mol. The van der Waals surface area contributed by atoms with Gasteiger partial charge in [-0.25, -0.2) is 0 Å². The Morgan fingerprint density at radius 3 is 2.95 bits per heavy atom. The Morgan fingerprint density at radius 2 is 2.15 bits per heavy atom. The standard InChI is InChI=1S/C17H26N2O/c1-3-14-12-18-10-6-8-16(18)13-19(14)15-7-5-9-17(11-15)20-4-2/h5,7,9,11,14,16H,3-4,6,8,10,12-13H2,1-2H3. The fourth-order valence-electron chi connectivity index (χ4n) is 3.67. The van der Waals surface area contributed by atoms with E-state index in [1.165, 1.54) is 44.6 Å². The second-order valence-electron chi connectivity index (χ2n) is 5.94. The minimum Gasteiger partial charge on any atom is -0.494 e. The Labute approximate surface area is 122 Å². The molecular formula is C17H26N2O. The lowest BCUT2D eigenvalue weighted by Gasteiger charge is -2.45. The van der Waals surface area contributed by atoms with Crippen LogP contribution in [0, 0.1) is 0 Å². The van der Waals surface area contributed by atoms with Crippen LogP contribution in [-0.4, -0.2) is 43.2 Å². The Hall–Kier alpha value is -1.22. The molecule has 0 aliphatic carbocycles. The van der Waals surface area contributed by atoms with Gasteiger partial charge in [-0.2, -0.15) is 0 Å². The highest BCUT2D eigenvalue weighted by molar-refractivity contribution is 5.52. The van der Waals surface area contributed by atoms with Crippen LogP contribution < -0.4 is 9.64 Å². The summed E-state index contributed by atoms with van der Waals surface area (Å²) >= 11 is 0. The van der Waals surface area contributed by atoms with E-state index >= 15 is 0 Å². The highest BCUT2D eigenvalue weighted by Crippen LogP contribution is 2.31. The lowest BCUT2D eigenvalue weighted by atomic mass is 10.0. The van der Waals surface area contributed by atoms with Gasteiger partial charge in [-0.15, -0.1) is 0 Å². The van der Waals surface area contributed by atoms with E-state index in [0.717, 1.165) is 18.4 Å². The van der Waals surface area contributed by atoms with Crippen LogP contribution in [0.2, 0.25) is 0 Å². The topological polar surface area (TPSA) is 15.7 Å². The summed E-state index contributed by atoms with van der Waals surface area (Å²) in [5.74, 6) is 0.994. The van der Waals surface area contributed by atoms with Crippen molar-refractivity contribution in [3.63, 3.8) is 0 Å². The third kappa shape index (κ3) is 2.64. The lowest BCUT2D eigenvalue weighted by molar-refractivity contribution is 0.194. The fraction of sp³-hybridized carbons (Fsp3) is 0.647. The van der Waals surface area contributed by atoms with Gasteiger partial charge < -0.3 is 9.64 Å². The molecule has 2 fully saturated rings. The largest absolute Gasteiger partial charge is 0.494 e. The van der Waals surface area contributed by atoms with Crippen molar-refractivity contribution in [1.82, 2.24) is 4.90 Å². The summed E-state index contributed by atoms with van der Waals surface area (Å²) in [5, 5.41) is 0. The fourth-order valence-corrected chi connectivity index (χ4v) is 3.67. The molecule has 2 unspecified atom stereocenters. The normalized spacial score (nSPS) is 26.6. The van der Waals surface area contributed by atoms with Gasteiger partial charge in [0.1, 0.15) is 5.75 Å². The number of anilines is 1. The van der Waals surface area contributed by atoms with Crippen molar-refractivity contribution in [2.24, 2.45) is 0 Å². The van der Waals surface area contributed by atoms with E-state index in [2.05, 4.69) is 41.0 Å². The molecular weight excluding hydrogens is 248 g/mol. The van der Waals surface area contributed by atoms with E-state index in [1.807, 2.05) is 6.92 Å². The molecule has 0 amide bonds. The van der Waals surface area contributed by atoms with E-state index in [4.69, 9.17) is 4.74 Å². The quantitative estimate of drug-likeness (QED) is 0.839. The second kappa shape index (κ2) is 6.04. The first kappa shape index (κ1) is 13.7. The maximum absolute atomic E-state index is 5.66. The van der Waals surface area contributed by atoms with Crippen LogP contribution in [0.25, 0.3) is 0 Å². The molecule has 0 spiro atoms. The second-order valence-corrected chi connectivity index (χ2v) is 5.94. The number of nitrogens with zero attached hydrogens (tertiary/aromatic N) is 2. The van der Waals surface area contributed by atoms with Crippen LogP contribution >= 0.6 is 0 Å². The molecule has 2 aliphatic heterocycles. The van der Waals surface area contributed by atoms with Gasteiger partial charge in [0.25, 0.3) is 0 Å². The summed E-state index contributed by atoms with van der Waals surface area (Å²) in [4.78, 5) is 5.30. The molecule has 1 aromatic carbocycles. The third-order valence-electron chi connectivity index (χ3n) is 4.72. The van der Waals surface area contributed by atoms with Crippen LogP contribution in [-0.2, 0) is 0 Å². The number of hydrogen-bond acceptors (Lipinski definition) is 3. The van der Waals surface area contributed by atoms with Crippen molar-refractivity contribution in [3.05, 3.63) is 24.3 Å². The summed E-state index contributed by atoms with van der Waals surface area (Å²) < 4.78 is 5.66. The molecule has 2 aliphatic rings. The zero-order valence-electron chi connectivity index (χ0n) is 12.7. The molecule has 0 radical (unpaired) electrons. The first-order valence-electron chi connectivity index (χ1n) is 8.05. The Bertz CT molecular complexity index is 448. The maximum Gasteiger partial charge on any atom is 0.121 e. The first-order valence-corrected chi connectivity index (χ1v) is 8.05. The smallest absolute Gasteiger partial charge is 0.121 e. The summed E-state index contributed by atoms with van der Waals surface area (Å²) in [5.41, 5.74) is 1.33. The van der Waals surface area contributed by atoms with Crippen molar-refractivity contribution >= 4 is 5.69 Å². The minimum absolute atomic E-state index is 0.640. The molecule has 20 heavy (non-hydrogen) atoms. The SMILES string of the molecule is CCOc1cccc(N2CC3CCCN3CC2CC)c1. The zero-order valence-corrected chi connectivity index (χ0v) is 12.7. The summed E-state index contributed by atoms with van der Waals surface area (Å²) in [7, 11) is 0. The van der Waals surface area contributed by atoms with Crippen LogP contribution in [0.15, 0.2) is 24.3 Å². The Balaban J connectivity index is 1.81. The predicted octanol–water partition coefficient (Wildman–Crippen LogP) is 3.15. The van der Waals surface area contributed by atoms with Crippen LogP contribution in [0.5, 0.6) is 5.75 Å². The average molecular weight is 274 g/mol. The van der Waals surface area contributed by atoms with Crippen molar-refractivity contribution in [1.29, 1.82) is 0 Å². The number of hydrogen-bond donors (Lipinski definition) is 0. The zero-order chi connectivity index (χ0) is 13.9. The number of ether oxygens (including phenoxy) is 1. The van der Waals surface area contributed by atoms with Gasteiger partial charge in [-0.3, -0.25) is 4.90 Å². The van der Waals surface area contributed by atoms with Gasteiger partial charge >= 0.3 is 0 Å². The molecule has 2 heterocycles. The molecule has 2 saturated heterocycles. The van der Waals surface area contributed by atoms with E-state index in [1.54, 1.807) is 0 Å². The first-order chi connectivity index (χ1) is 9.81. The van der Waals surface area contributed by atoms with Gasteiger partial charge in [0.05, 0.1) is 6.61 Å². The minimum atomic E-state index is 0.640. The lowest BCUT2D eigenvalue weighted by Crippen LogP contribution is -2.56. The molecule has 110 valence electrons. The molecule has 3 nitrogen and oxygen atoms in total. The molecule has 0 N–H and O–H groups in total. The van der Waals surface area contributed by atoms with E-state index in [0.29, 0.717) is 6.04 Å². The van der Waals surface area contributed by atoms with Gasteiger partial charge in [-0.1, -0.05) is 13.0 Å². The summed E-state index contributed by atoms with van der Waals surface area (Å²) in [6.07, 6.45) is 3.94. The van der Waals surface area contributed by atoms with Gasteiger partial charge in [-0.05, 0) is 44.9 Å². The molecule has 0 aromatic heterocycles. The van der Waals surface area contributed by atoms with Gasteiger partial charge in [0.2, 0.25) is 0 Å². The molecule has 0 bridgehead atoms. The van der Waals surface area contributed by atoms with Crippen LogP contribution in [0.3, 0.4) is 0 Å². The summed E-state index contributed by atoms with van der Waals surface area (Å²) in [6, 6.07) is 10.0. The molecule has 3 rings (SSSR count). The highest BCUT2D eigenvalue weighted by Gasteiger charge is 2.35. The van der Waals surface area contributed by atoms with Crippen LogP contribution in [0.1, 0.15) is 33.1 Å². The molecule has 3 heteroatoms. The highest BCUT2D eigenvalue weighted by atomic mass is 16.5. The number of piperazine rings is 1. The summed E-state index contributed by atoms with van der Waals surface area (Å²) in [6.45, 7) is 8.78. The van der Waals surface area contributed by atoms with E-state index in [-0.39, 0.29) is 0 Å². The molecule has 0 saturated carbocycles. The van der Waals surface area contributed by atoms with Crippen molar-refractivity contribution in [3.8, 4) is 5.75 Å².